The summed E-state index contributed by atoms with van der Waals surface area (Å²) in [6, 6.07) is 3.71. The van der Waals surface area contributed by atoms with E-state index in [9.17, 15) is 13.2 Å². The van der Waals surface area contributed by atoms with E-state index in [1.807, 2.05) is 11.9 Å². The molecule has 0 radical (unpaired) electrons. The molecule has 98 valence electrons. The Hall–Kier alpha value is -1.39. The van der Waals surface area contributed by atoms with Crippen LogP contribution in [0.3, 0.4) is 0 Å². The Labute approximate surface area is 103 Å². The molecule has 0 bridgehead atoms. The maximum absolute atomic E-state index is 12.7. The molecule has 0 saturated heterocycles. The molecule has 0 amide bonds. The summed E-state index contributed by atoms with van der Waals surface area (Å²) in [5.74, 6) is 0.360. The van der Waals surface area contributed by atoms with Gasteiger partial charge in [-0.25, -0.2) is 0 Å². The van der Waals surface area contributed by atoms with Gasteiger partial charge in [-0.15, -0.1) is 0 Å². The first-order valence-electron chi connectivity index (χ1n) is 6.01. The maximum Gasteiger partial charge on any atom is 0.416 e. The molecular formula is C13H14F3NO. The van der Waals surface area contributed by atoms with Crippen LogP contribution in [0.15, 0.2) is 18.2 Å². The lowest BCUT2D eigenvalue weighted by molar-refractivity contribution is -0.137. The van der Waals surface area contributed by atoms with E-state index in [1.54, 1.807) is 0 Å². The van der Waals surface area contributed by atoms with Gasteiger partial charge in [-0.3, -0.25) is 0 Å². The number of hydrogen-bond donors (Lipinski definition) is 0. The molecule has 1 fully saturated rings. The predicted octanol–water partition coefficient (Wildman–Crippen LogP) is 3.46. The summed E-state index contributed by atoms with van der Waals surface area (Å²) in [7, 11) is 1.90. The molecule has 1 heterocycles. The summed E-state index contributed by atoms with van der Waals surface area (Å²) < 4.78 is 43.8. The van der Waals surface area contributed by atoms with Crippen LogP contribution in [0.4, 0.5) is 18.9 Å². The molecule has 18 heavy (non-hydrogen) atoms. The van der Waals surface area contributed by atoms with Crippen LogP contribution < -0.4 is 9.64 Å². The first kappa shape index (κ1) is 11.7. The molecule has 0 N–H and O–H groups in total. The monoisotopic (exact) mass is 257 g/mol. The molecule has 1 aromatic rings. The summed E-state index contributed by atoms with van der Waals surface area (Å²) in [5, 5.41) is 0. The van der Waals surface area contributed by atoms with E-state index in [0.29, 0.717) is 5.75 Å². The number of halogens is 3. The zero-order valence-corrected chi connectivity index (χ0v) is 10.0. The number of benzene rings is 1. The van der Waals surface area contributed by atoms with Crippen molar-refractivity contribution in [3.05, 3.63) is 23.8 Å². The molecule has 1 aromatic carbocycles. The van der Waals surface area contributed by atoms with Crippen LogP contribution in [0.2, 0.25) is 0 Å². The van der Waals surface area contributed by atoms with Crippen LogP contribution in [-0.2, 0) is 6.18 Å². The lowest BCUT2D eigenvalue weighted by Crippen LogP contribution is -2.54. The highest BCUT2D eigenvalue weighted by atomic mass is 19.4. The van der Waals surface area contributed by atoms with E-state index in [2.05, 4.69) is 0 Å². The van der Waals surface area contributed by atoms with Gasteiger partial charge in [0.05, 0.1) is 17.8 Å². The number of fused-ring (bicyclic) bond motifs is 1. The van der Waals surface area contributed by atoms with Gasteiger partial charge in [-0.2, -0.15) is 13.2 Å². The first-order valence-corrected chi connectivity index (χ1v) is 6.01. The van der Waals surface area contributed by atoms with Gasteiger partial charge in [0, 0.05) is 7.05 Å². The number of ether oxygens (including phenoxy) is 1. The summed E-state index contributed by atoms with van der Waals surface area (Å²) >= 11 is 0. The predicted molar refractivity (Wildman–Crippen MR) is 61.9 cm³/mol. The zero-order valence-electron chi connectivity index (χ0n) is 10.0. The van der Waals surface area contributed by atoms with Crippen LogP contribution in [-0.4, -0.2) is 19.2 Å². The number of likely N-dealkylation sites (N-methyl/N-ethyl adjacent to an activating group) is 1. The molecule has 2 nitrogen and oxygen atoms in total. The molecule has 1 aliphatic carbocycles. The molecule has 5 heteroatoms. The quantitative estimate of drug-likeness (QED) is 0.705. The topological polar surface area (TPSA) is 12.5 Å². The summed E-state index contributed by atoms with van der Waals surface area (Å²) in [6.07, 6.45) is -1.39. The van der Waals surface area contributed by atoms with Crippen molar-refractivity contribution in [1.82, 2.24) is 0 Å². The maximum atomic E-state index is 12.7. The molecule has 0 unspecified atom stereocenters. The normalized spacial score (nSPS) is 21.2. The molecule has 0 atom stereocenters. The van der Waals surface area contributed by atoms with Crippen molar-refractivity contribution in [2.24, 2.45) is 0 Å². The van der Waals surface area contributed by atoms with Gasteiger partial charge in [0.1, 0.15) is 11.4 Å². The van der Waals surface area contributed by atoms with Crippen molar-refractivity contribution >= 4 is 5.69 Å². The largest absolute Gasteiger partial charge is 0.483 e. The minimum Gasteiger partial charge on any atom is -0.483 e. The van der Waals surface area contributed by atoms with Crippen molar-refractivity contribution in [1.29, 1.82) is 0 Å². The fourth-order valence-electron chi connectivity index (χ4n) is 2.70. The fourth-order valence-corrected chi connectivity index (χ4v) is 2.70. The SMILES string of the molecule is CN1CC2(CCC2)Oc2cc(C(F)(F)F)ccc21. The second kappa shape index (κ2) is 3.56. The lowest BCUT2D eigenvalue weighted by Gasteiger charge is -2.48. The van der Waals surface area contributed by atoms with Crippen LogP contribution in [0.5, 0.6) is 5.75 Å². The number of alkyl halides is 3. The highest BCUT2D eigenvalue weighted by Crippen LogP contribution is 2.46. The van der Waals surface area contributed by atoms with Crippen molar-refractivity contribution in [3.8, 4) is 5.75 Å². The molecule has 1 aliphatic heterocycles. The van der Waals surface area contributed by atoms with E-state index in [-0.39, 0.29) is 5.60 Å². The number of anilines is 1. The zero-order chi connectivity index (χ0) is 13.0. The smallest absolute Gasteiger partial charge is 0.416 e. The van der Waals surface area contributed by atoms with Gasteiger partial charge in [-0.1, -0.05) is 0 Å². The molecule has 3 rings (SSSR count). The average Bonchev–Trinajstić information content (AvgIpc) is 2.25. The highest BCUT2D eigenvalue weighted by Gasteiger charge is 2.44. The van der Waals surface area contributed by atoms with Gasteiger partial charge >= 0.3 is 6.18 Å². The minimum atomic E-state index is -4.32. The Kier molecular flexibility index (Phi) is 2.31. The molecule has 2 aliphatic rings. The van der Waals surface area contributed by atoms with Gasteiger partial charge in [0.25, 0.3) is 0 Å². The average molecular weight is 257 g/mol. The Bertz CT molecular complexity index is 480. The Morgan fingerprint density at radius 2 is 2.00 bits per heavy atom. The molecule has 0 aromatic heterocycles. The third kappa shape index (κ3) is 1.72. The Morgan fingerprint density at radius 1 is 1.28 bits per heavy atom. The molecular weight excluding hydrogens is 243 g/mol. The standard InChI is InChI=1S/C13H14F3NO/c1-17-8-12(5-2-6-12)18-11-7-9(13(14,15)16)3-4-10(11)17/h3-4,7H,2,5-6,8H2,1H3. The van der Waals surface area contributed by atoms with E-state index in [0.717, 1.165) is 43.6 Å². The summed E-state index contributed by atoms with van der Waals surface area (Å²) in [5.41, 5.74) is -0.169. The highest BCUT2D eigenvalue weighted by molar-refractivity contribution is 5.62. The summed E-state index contributed by atoms with van der Waals surface area (Å²) in [6.45, 7) is 0.755. The van der Waals surface area contributed by atoms with Crippen molar-refractivity contribution in [2.45, 2.75) is 31.0 Å². The van der Waals surface area contributed by atoms with Gasteiger partial charge in [0.15, 0.2) is 0 Å². The van der Waals surface area contributed by atoms with Crippen LogP contribution in [0, 0.1) is 0 Å². The van der Waals surface area contributed by atoms with Crippen molar-refractivity contribution in [2.75, 3.05) is 18.5 Å². The first-order chi connectivity index (χ1) is 8.40. The van der Waals surface area contributed by atoms with Gasteiger partial charge in [0.2, 0.25) is 0 Å². The van der Waals surface area contributed by atoms with E-state index in [4.69, 9.17) is 4.74 Å². The minimum absolute atomic E-state index is 0.258. The number of rotatable bonds is 0. The third-order valence-electron chi connectivity index (χ3n) is 3.81. The van der Waals surface area contributed by atoms with Gasteiger partial charge < -0.3 is 9.64 Å². The van der Waals surface area contributed by atoms with Crippen molar-refractivity contribution < 1.29 is 17.9 Å². The third-order valence-corrected chi connectivity index (χ3v) is 3.81. The van der Waals surface area contributed by atoms with Crippen LogP contribution >= 0.6 is 0 Å². The second-order valence-electron chi connectivity index (χ2n) is 5.17. The van der Waals surface area contributed by atoms with Gasteiger partial charge in [-0.05, 0) is 37.5 Å². The van der Waals surface area contributed by atoms with Crippen LogP contribution in [0.1, 0.15) is 24.8 Å². The number of hydrogen-bond acceptors (Lipinski definition) is 2. The van der Waals surface area contributed by atoms with E-state index in [1.165, 1.54) is 6.07 Å². The van der Waals surface area contributed by atoms with Crippen molar-refractivity contribution in [3.63, 3.8) is 0 Å². The van der Waals surface area contributed by atoms with Crippen LogP contribution in [0.25, 0.3) is 0 Å². The van der Waals surface area contributed by atoms with E-state index >= 15 is 0 Å². The Morgan fingerprint density at radius 3 is 2.56 bits per heavy atom. The fraction of sp³-hybridized carbons (Fsp3) is 0.538. The second-order valence-corrected chi connectivity index (χ2v) is 5.17. The molecule has 1 spiro atoms. The van der Waals surface area contributed by atoms with E-state index < -0.39 is 11.7 Å². The Balaban J connectivity index is 2.00. The number of nitrogens with zero attached hydrogens (tertiary/aromatic N) is 1. The lowest BCUT2D eigenvalue weighted by atomic mass is 9.78. The summed E-state index contributed by atoms with van der Waals surface area (Å²) in [4.78, 5) is 1.98. The molecule has 1 saturated carbocycles.